The highest BCUT2D eigenvalue weighted by Gasteiger charge is 2.05. The van der Waals surface area contributed by atoms with Crippen LogP contribution in [0.25, 0.3) is 5.69 Å². The molecule has 5 nitrogen and oxygen atoms in total. The Balaban J connectivity index is 1.83. The van der Waals surface area contributed by atoms with E-state index in [1.165, 1.54) is 12.3 Å². The maximum absolute atomic E-state index is 11.8. The zero-order valence-corrected chi connectivity index (χ0v) is 12.2. The van der Waals surface area contributed by atoms with E-state index in [9.17, 15) is 9.59 Å². The third-order valence-electron chi connectivity index (χ3n) is 3.49. The van der Waals surface area contributed by atoms with Crippen LogP contribution in [0.4, 0.5) is 0 Å². The highest BCUT2D eigenvalue weighted by molar-refractivity contribution is 5.87. The Bertz CT molecular complexity index is 898. The molecule has 2 heterocycles. The first-order valence-electron chi connectivity index (χ1n) is 7.08. The maximum Gasteiger partial charge on any atom is 0.337 e. The van der Waals surface area contributed by atoms with Gasteiger partial charge in [-0.2, -0.15) is 0 Å². The first-order valence-corrected chi connectivity index (χ1v) is 7.08. The van der Waals surface area contributed by atoms with Crippen LogP contribution in [0.1, 0.15) is 21.5 Å². The molecular weight excluding hydrogens is 292 g/mol. The summed E-state index contributed by atoms with van der Waals surface area (Å²) in [5.74, 6) is -0.988. The van der Waals surface area contributed by atoms with Crippen molar-refractivity contribution in [3.63, 3.8) is 0 Å². The van der Waals surface area contributed by atoms with Crippen molar-refractivity contribution >= 4 is 5.97 Å². The molecule has 0 aliphatic heterocycles. The second-order valence-electron chi connectivity index (χ2n) is 5.14. The first-order chi connectivity index (χ1) is 11.1. The number of benzene rings is 1. The minimum Gasteiger partial charge on any atom is -0.478 e. The van der Waals surface area contributed by atoms with Crippen molar-refractivity contribution in [3.05, 3.63) is 94.2 Å². The molecule has 114 valence electrons. The number of aromatic nitrogens is 2. The van der Waals surface area contributed by atoms with E-state index in [1.54, 1.807) is 35.2 Å². The Hall–Kier alpha value is -3.21. The quantitative estimate of drug-likeness (QED) is 0.804. The van der Waals surface area contributed by atoms with Crippen LogP contribution in [0, 0.1) is 0 Å². The number of aromatic carboxylic acids is 1. The van der Waals surface area contributed by atoms with Crippen molar-refractivity contribution in [2.45, 2.75) is 6.42 Å². The third-order valence-corrected chi connectivity index (χ3v) is 3.49. The van der Waals surface area contributed by atoms with Gasteiger partial charge in [-0.3, -0.25) is 14.3 Å². The molecule has 0 spiro atoms. The lowest BCUT2D eigenvalue weighted by Gasteiger charge is -2.07. The molecule has 0 radical (unpaired) electrons. The van der Waals surface area contributed by atoms with Gasteiger partial charge in [0.2, 0.25) is 0 Å². The fourth-order valence-electron chi connectivity index (χ4n) is 2.35. The van der Waals surface area contributed by atoms with E-state index in [2.05, 4.69) is 4.98 Å². The highest BCUT2D eigenvalue weighted by Crippen LogP contribution is 2.13. The Labute approximate surface area is 132 Å². The lowest BCUT2D eigenvalue weighted by atomic mass is 10.0. The zero-order chi connectivity index (χ0) is 16.2. The van der Waals surface area contributed by atoms with Crippen molar-refractivity contribution in [1.82, 2.24) is 9.55 Å². The molecule has 0 bridgehead atoms. The number of hydrogen-bond donors (Lipinski definition) is 1. The van der Waals surface area contributed by atoms with E-state index in [4.69, 9.17) is 5.11 Å². The van der Waals surface area contributed by atoms with Crippen LogP contribution in [-0.2, 0) is 6.42 Å². The lowest BCUT2D eigenvalue weighted by molar-refractivity contribution is 0.0696. The van der Waals surface area contributed by atoms with Gasteiger partial charge in [0, 0.05) is 30.3 Å². The number of nitrogens with zero attached hydrogens (tertiary/aromatic N) is 2. The average Bonchev–Trinajstić information content (AvgIpc) is 2.56. The molecule has 0 atom stereocenters. The standard InChI is InChI=1S/C18H14N2O3/c21-17-3-1-2-8-20(17)16-6-4-13(5-7-16)9-14-10-15(18(22)23)12-19-11-14/h1-8,10-12H,9H2,(H,22,23). The Morgan fingerprint density at radius 2 is 1.83 bits per heavy atom. The van der Waals surface area contributed by atoms with Gasteiger partial charge in [0.15, 0.2) is 0 Å². The van der Waals surface area contributed by atoms with Crippen LogP contribution in [0.2, 0.25) is 0 Å². The first kappa shape index (κ1) is 14.7. The molecule has 23 heavy (non-hydrogen) atoms. The zero-order valence-electron chi connectivity index (χ0n) is 12.2. The molecule has 0 saturated heterocycles. The second kappa shape index (κ2) is 6.27. The summed E-state index contributed by atoms with van der Waals surface area (Å²) in [6.45, 7) is 0. The van der Waals surface area contributed by atoms with Gasteiger partial charge >= 0.3 is 5.97 Å². The predicted molar refractivity (Wildman–Crippen MR) is 86.0 cm³/mol. The number of carboxylic acids is 1. The third kappa shape index (κ3) is 3.35. The summed E-state index contributed by atoms with van der Waals surface area (Å²) in [6.07, 6.45) is 5.29. The van der Waals surface area contributed by atoms with E-state index in [0.717, 1.165) is 16.8 Å². The van der Waals surface area contributed by atoms with Gasteiger partial charge in [-0.15, -0.1) is 0 Å². The summed E-state index contributed by atoms with van der Waals surface area (Å²) in [6, 6.07) is 14.2. The van der Waals surface area contributed by atoms with Crippen molar-refractivity contribution < 1.29 is 9.90 Å². The molecule has 0 aliphatic rings. The van der Waals surface area contributed by atoms with Gasteiger partial charge < -0.3 is 5.11 Å². The van der Waals surface area contributed by atoms with E-state index in [1.807, 2.05) is 24.3 Å². The lowest BCUT2D eigenvalue weighted by Crippen LogP contribution is -2.15. The van der Waals surface area contributed by atoms with E-state index >= 15 is 0 Å². The average molecular weight is 306 g/mol. The van der Waals surface area contributed by atoms with Crippen molar-refractivity contribution in [2.24, 2.45) is 0 Å². The van der Waals surface area contributed by atoms with Gasteiger partial charge in [-0.25, -0.2) is 4.79 Å². The van der Waals surface area contributed by atoms with Crippen LogP contribution in [0.5, 0.6) is 0 Å². The second-order valence-corrected chi connectivity index (χ2v) is 5.14. The normalized spacial score (nSPS) is 10.4. The molecule has 0 amide bonds. The van der Waals surface area contributed by atoms with Crippen LogP contribution in [0.3, 0.4) is 0 Å². The molecule has 5 heteroatoms. The van der Waals surface area contributed by atoms with Crippen molar-refractivity contribution in [3.8, 4) is 5.69 Å². The number of carbonyl (C=O) groups is 1. The number of rotatable bonds is 4. The minimum atomic E-state index is -0.988. The molecule has 0 saturated carbocycles. The summed E-state index contributed by atoms with van der Waals surface area (Å²) in [4.78, 5) is 26.7. The molecule has 1 N–H and O–H groups in total. The van der Waals surface area contributed by atoms with Crippen molar-refractivity contribution in [1.29, 1.82) is 0 Å². The SMILES string of the molecule is O=C(O)c1cncc(Cc2ccc(-n3ccccc3=O)cc2)c1. The number of pyridine rings is 2. The molecule has 3 rings (SSSR count). The number of hydrogen-bond acceptors (Lipinski definition) is 3. The molecule has 1 aromatic carbocycles. The Morgan fingerprint density at radius 1 is 1.04 bits per heavy atom. The van der Waals surface area contributed by atoms with Gasteiger partial charge in [0.1, 0.15) is 0 Å². The monoisotopic (exact) mass is 306 g/mol. The predicted octanol–water partition coefficient (Wildman–Crippen LogP) is 2.52. The Morgan fingerprint density at radius 3 is 2.52 bits per heavy atom. The summed E-state index contributed by atoms with van der Waals surface area (Å²) in [5, 5.41) is 8.99. The molecule has 0 fully saturated rings. The highest BCUT2D eigenvalue weighted by atomic mass is 16.4. The molecule has 3 aromatic rings. The Kier molecular flexibility index (Phi) is 4.01. The fourth-order valence-corrected chi connectivity index (χ4v) is 2.35. The van der Waals surface area contributed by atoms with E-state index < -0.39 is 5.97 Å². The summed E-state index contributed by atoms with van der Waals surface area (Å²) < 4.78 is 1.57. The smallest absolute Gasteiger partial charge is 0.337 e. The molecule has 2 aromatic heterocycles. The van der Waals surface area contributed by atoms with Crippen LogP contribution in [-0.4, -0.2) is 20.6 Å². The summed E-state index contributed by atoms with van der Waals surface area (Å²) in [7, 11) is 0. The molecule has 0 aliphatic carbocycles. The molecular formula is C18H14N2O3. The summed E-state index contributed by atoms with van der Waals surface area (Å²) in [5.41, 5.74) is 2.72. The van der Waals surface area contributed by atoms with Gasteiger partial charge in [0.25, 0.3) is 5.56 Å². The summed E-state index contributed by atoms with van der Waals surface area (Å²) >= 11 is 0. The van der Waals surface area contributed by atoms with Crippen molar-refractivity contribution in [2.75, 3.05) is 0 Å². The van der Waals surface area contributed by atoms with Crippen LogP contribution >= 0.6 is 0 Å². The molecule has 0 unspecified atom stereocenters. The fraction of sp³-hybridized carbons (Fsp3) is 0.0556. The van der Waals surface area contributed by atoms with E-state index in [-0.39, 0.29) is 11.1 Å². The van der Waals surface area contributed by atoms with Crippen LogP contribution in [0.15, 0.2) is 71.9 Å². The number of carboxylic acid groups (broad SMARTS) is 1. The topological polar surface area (TPSA) is 72.2 Å². The van der Waals surface area contributed by atoms with Gasteiger partial charge in [0.05, 0.1) is 5.56 Å². The van der Waals surface area contributed by atoms with Gasteiger partial charge in [-0.1, -0.05) is 18.2 Å². The van der Waals surface area contributed by atoms with Crippen LogP contribution < -0.4 is 5.56 Å². The minimum absolute atomic E-state index is 0.0846. The maximum atomic E-state index is 11.8. The largest absolute Gasteiger partial charge is 0.478 e. The van der Waals surface area contributed by atoms with E-state index in [0.29, 0.717) is 6.42 Å². The van der Waals surface area contributed by atoms with Gasteiger partial charge in [-0.05, 0) is 41.8 Å².